The zero-order chi connectivity index (χ0) is 13.3. The van der Waals surface area contributed by atoms with E-state index in [2.05, 4.69) is 10.6 Å². The SMILES string of the molecule is CCC(NC(=O)NCCOCC(C)C)C(=O)O. The van der Waals surface area contributed by atoms with Crippen molar-refractivity contribution in [3.63, 3.8) is 0 Å². The first-order valence-electron chi connectivity index (χ1n) is 5.82. The van der Waals surface area contributed by atoms with Gasteiger partial charge in [-0.25, -0.2) is 9.59 Å². The molecule has 6 nitrogen and oxygen atoms in total. The molecular weight excluding hydrogens is 224 g/mol. The van der Waals surface area contributed by atoms with E-state index in [1.807, 2.05) is 13.8 Å². The number of carbonyl (C=O) groups is 2. The van der Waals surface area contributed by atoms with Crippen molar-refractivity contribution < 1.29 is 19.4 Å². The number of carboxylic acids is 1. The lowest BCUT2D eigenvalue weighted by molar-refractivity contribution is -0.139. The molecule has 0 aliphatic rings. The van der Waals surface area contributed by atoms with Crippen LogP contribution in [-0.2, 0) is 9.53 Å². The average Bonchev–Trinajstić information content (AvgIpc) is 2.24. The summed E-state index contributed by atoms with van der Waals surface area (Å²) in [6.07, 6.45) is 0.354. The predicted molar refractivity (Wildman–Crippen MR) is 63.9 cm³/mol. The Hall–Kier alpha value is -1.30. The predicted octanol–water partition coefficient (Wildman–Crippen LogP) is 0.821. The van der Waals surface area contributed by atoms with Crippen LogP contribution in [0.4, 0.5) is 4.79 Å². The second kappa shape index (κ2) is 8.81. The summed E-state index contributed by atoms with van der Waals surface area (Å²) in [5.74, 6) is -0.570. The molecule has 0 aromatic rings. The zero-order valence-corrected chi connectivity index (χ0v) is 10.7. The first-order chi connectivity index (χ1) is 7.97. The molecule has 1 atom stereocenters. The Morgan fingerprint density at radius 3 is 2.47 bits per heavy atom. The molecule has 2 amide bonds. The van der Waals surface area contributed by atoms with Gasteiger partial charge in [0.05, 0.1) is 6.61 Å². The topological polar surface area (TPSA) is 87.7 Å². The molecule has 0 radical (unpaired) electrons. The summed E-state index contributed by atoms with van der Waals surface area (Å²) in [6.45, 7) is 7.22. The molecule has 0 spiro atoms. The monoisotopic (exact) mass is 246 g/mol. The van der Waals surface area contributed by atoms with Gasteiger partial charge in [0.25, 0.3) is 0 Å². The van der Waals surface area contributed by atoms with Crippen molar-refractivity contribution in [1.29, 1.82) is 0 Å². The van der Waals surface area contributed by atoms with Gasteiger partial charge in [-0.15, -0.1) is 0 Å². The lowest BCUT2D eigenvalue weighted by Gasteiger charge is -2.13. The summed E-state index contributed by atoms with van der Waals surface area (Å²) < 4.78 is 5.27. The second-order valence-corrected chi connectivity index (χ2v) is 4.17. The van der Waals surface area contributed by atoms with E-state index in [0.717, 1.165) is 0 Å². The molecule has 0 aromatic carbocycles. The second-order valence-electron chi connectivity index (χ2n) is 4.17. The summed E-state index contributed by atoms with van der Waals surface area (Å²) in [5.41, 5.74) is 0. The maximum Gasteiger partial charge on any atom is 0.326 e. The number of hydrogen-bond donors (Lipinski definition) is 3. The van der Waals surface area contributed by atoms with Gasteiger partial charge >= 0.3 is 12.0 Å². The van der Waals surface area contributed by atoms with Crippen LogP contribution < -0.4 is 10.6 Å². The standard InChI is InChI=1S/C11H22N2O4/c1-4-9(10(14)15)13-11(16)12-5-6-17-7-8(2)3/h8-9H,4-7H2,1-3H3,(H,14,15)(H2,12,13,16). The fourth-order valence-corrected chi connectivity index (χ4v) is 1.10. The molecule has 0 aliphatic carbocycles. The van der Waals surface area contributed by atoms with Crippen molar-refractivity contribution >= 4 is 12.0 Å². The lowest BCUT2D eigenvalue weighted by Crippen LogP contribution is -2.46. The molecule has 0 heterocycles. The van der Waals surface area contributed by atoms with E-state index in [4.69, 9.17) is 9.84 Å². The molecule has 6 heteroatoms. The number of aliphatic carboxylic acids is 1. The highest BCUT2D eigenvalue weighted by atomic mass is 16.5. The number of rotatable bonds is 8. The van der Waals surface area contributed by atoms with Crippen LogP contribution in [0.5, 0.6) is 0 Å². The highest BCUT2D eigenvalue weighted by Gasteiger charge is 2.16. The Labute approximate surface area is 102 Å². The van der Waals surface area contributed by atoms with Crippen molar-refractivity contribution in [3.05, 3.63) is 0 Å². The van der Waals surface area contributed by atoms with Gasteiger partial charge in [-0.1, -0.05) is 20.8 Å². The quantitative estimate of drug-likeness (QED) is 0.553. The van der Waals surface area contributed by atoms with Crippen LogP contribution in [0, 0.1) is 5.92 Å². The van der Waals surface area contributed by atoms with Gasteiger partial charge < -0.3 is 20.5 Å². The third-order valence-electron chi connectivity index (χ3n) is 1.99. The third-order valence-corrected chi connectivity index (χ3v) is 1.99. The Morgan fingerprint density at radius 1 is 1.35 bits per heavy atom. The van der Waals surface area contributed by atoms with Crippen LogP contribution in [0.2, 0.25) is 0 Å². The number of urea groups is 1. The van der Waals surface area contributed by atoms with E-state index in [0.29, 0.717) is 32.1 Å². The Kier molecular flexibility index (Phi) is 8.13. The fraction of sp³-hybridized carbons (Fsp3) is 0.818. The van der Waals surface area contributed by atoms with E-state index in [1.165, 1.54) is 0 Å². The Bertz CT molecular complexity index is 244. The highest BCUT2D eigenvalue weighted by molar-refractivity contribution is 5.82. The molecule has 0 bridgehead atoms. The third kappa shape index (κ3) is 8.50. The van der Waals surface area contributed by atoms with Crippen LogP contribution in [-0.4, -0.2) is 42.9 Å². The molecule has 3 N–H and O–H groups in total. The Balaban J connectivity index is 3.62. The first-order valence-corrected chi connectivity index (χ1v) is 5.82. The molecule has 0 fully saturated rings. The molecule has 17 heavy (non-hydrogen) atoms. The van der Waals surface area contributed by atoms with Gasteiger partial charge in [-0.3, -0.25) is 0 Å². The van der Waals surface area contributed by atoms with Gasteiger partial charge in [0.2, 0.25) is 0 Å². The number of amides is 2. The summed E-state index contributed by atoms with van der Waals surface area (Å²) in [4.78, 5) is 21.9. The van der Waals surface area contributed by atoms with Crippen LogP contribution in [0.25, 0.3) is 0 Å². The molecule has 0 aliphatic heterocycles. The maximum absolute atomic E-state index is 11.3. The highest BCUT2D eigenvalue weighted by Crippen LogP contribution is 1.92. The normalized spacial score (nSPS) is 12.2. The largest absolute Gasteiger partial charge is 0.480 e. The zero-order valence-electron chi connectivity index (χ0n) is 10.7. The Morgan fingerprint density at radius 2 is 2.00 bits per heavy atom. The first kappa shape index (κ1) is 15.7. The van der Waals surface area contributed by atoms with E-state index < -0.39 is 18.0 Å². The van der Waals surface area contributed by atoms with Crippen molar-refractivity contribution in [2.24, 2.45) is 5.92 Å². The van der Waals surface area contributed by atoms with Crippen molar-refractivity contribution in [2.75, 3.05) is 19.8 Å². The van der Waals surface area contributed by atoms with Crippen LogP contribution >= 0.6 is 0 Å². The summed E-state index contributed by atoms with van der Waals surface area (Å²) in [7, 11) is 0. The number of carboxylic acid groups (broad SMARTS) is 1. The van der Waals surface area contributed by atoms with E-state index in [9.17, 15) is 9.59 Å². The lowest BCUT2D eigenvalue weighted by atomic mass is 10.2. The van der Waals surface area contributed by atoms with Gasteiger partial charge in [0.1, 0.15) is 6.04 Å². The molecule has 1 unspecified atom stereocenters. The minimum Gasteiger partial charge on any atom is -0.480 e. The molecule has 0 saturated heterocycles. The summed E-state index contributed by atoms with van der Waals surface area (Å²) in [5, 5.41) is 13.6. The fourth-order valence-electron chi connectivity index (χ4n) is 1.10. The number of nitrogens with one attached hydrogen (secondary N) is 2. The smallest absolute Gasteiger partial charge is 0.326 e. The van der Waals surface area contributed by atoms with Gasteiger partial charge in [-0.2, -0.15) is 0 Å². The molecular formula is C11H22N2O4. The average molecular weight is 246 g/mol. The molecule has 0 rings (SSSR count). The molecule has 0 aromatic heterocycles. The summed E-state index contributed by atoms with van der Waals surface area (Å²) in [6, 6.07) is -1.32. The summed E-state index contributed by atoms with van der Waals surface area (Å²) >= 11 is 0. The van der Waals surface area contributed by atoms with Crippen LogP contribution in [0.15, 0.2) is 0 Å². The van der Waals surface area contributed by atoms with E-state index in [1.54, 1.807) is 6.92 Å². The molecule has 0 saturated carbocycles. The van der Waals surface area contributed by atoms with Crippen LogP contribution in [0.1, 0.15) is 27.2 Å². The number of ether oxygens (including phenoxy) is 1. The minimum absolute atomic E-state index is 0.354. The number of hydrogen-bond acceptors (Lipinski definition) is 3. The maximum atomic E-state index is 11.3. The van der Waals surface area contributed by atoms with Crippen molar-refractivity contribution in [2.45, 2.75) is 33.2 Å². The van der Waals surface area contributed by atoms with Crippen molar-refractivity contribution in [1.82, 2.24) is 10.6 Å². The van der Waals surface area contributed by atoms with E-state index in [-0.39, 0.29) is 0 Å². The number of carbonyl (C=O) groups excluding carboxylic acids is 1. The molecule has 100 valence electrons. The minimum atomic E-state index is -1.03. The van der Waals surface area contributed by atoms with Gasteiger partial charge in [0.15, 0.2) is 0 Å². The van der Waals surface area contributed by atoms with Crippen molar-refractivity contribution in [3.8, 4) is 0 Å². The van der Waals surface area contributed by atoms with Gasteiger partial charge in [0, 0.05) is 13.2 Å². The van der Waals surface area contributed by atoms with Gasteiger partial charge in [-0.05, 0) is 12.3 Å². The van der Waals surface area contributed by atoms with E-state index >= 15 is 0 Å². The van der Waals surface area contributed by atoms with Crippen LogP contribution in [0.3, 0.4) is 0 Å².